The van der Waals surface area contributed by atoms with Crippen molar-refractivity contribution in [2.24, 2.45) is 0 Å². The largest absolute Gasteiger partial charge is 0.336 e. The molecular weight excluding hydrogens is 284 g/mol. The molecule has 1 aliphatic heterocycles. The molecular formula is C15H22N4O3. The van der Waals surface area contributed by atoms with Gasteiger partial charge in [0.15, 0.2) is 0 Å². The van der Waals surface area contributed by atoms with E-state index < -0.39 is 4.92 Å². The Kier molecular flexibility index (Phi) is 5.32. The number of amides is 2. The van der Waals surface area contributed by atoms with Gasteiger partial charge in [0.1, 0.15) is 0 Å². The van der Waals surface area contributed by atoms with E-state index >= 15 is 0 Å². The molecule has 0 aliphatic carbocycles. The lowest BCUT2D eigenvalue weighted by atomic mass is 10.1. The van der Waals surface area contributed by atoms with Gasteiger partial charge in [0.25, 0.3) is 5.69 Å². The Labute approximate surface area is 129 Å². The van der Waals surface area contributed by atoms with Crippen molar-refractivity contribution in [1.82, 2.24) is 10.2 Å². The molecule has 0 saturated carbocycles. The van der Waals surface area contributed by atoms with Gasteiger partial charge in [0.2, 0.25) is 0 Å². The minimum atomic E-state index is -0.448. The molecule has 1 fully saturated rings. The van der Waals surface area contributed by atoms with Crippen molar-refractivity contribution in [3.05, 3.63) is 33.9 Å². The highest BCUT2D eigenvalue weighted by molar-refractivity contribution is 5.90. The molecule has 7 heteroatoms. The molecule has 1 heterocycles. The summed E-state index contributed by atoms with van der Waals surface area (Å²) in [6.07, 6.45) is 2.25. The maximum absolute atomic E-state index is 12.0. The zero-order valence-corrected chi connectivity index (χ0v) is 13.0. The lowest BCUT2D eigenvalue weighted by Gasteiger charge is -2.23. The lowest BCUT2D eigenvalue weighted by molar-refractivity contribution is -0.385. The topological polar surface area (TPSA) is 87.5 Å². The van der Waals surface area contributed by atoms with Crippen molar-refractivity contribution < 1.29 is 9.72 Å². The van der Waals surface area contributed by atoms with E-state index in [1.807, 2.05) is 0 Å². The summed E-state index contributed by atoms with van der Waals surface area (Å²) >= 11 is 0. The molecule has 120 valence electrons. The predicted octanol–water partition coefficient (Wildman–Crippen LogP) is 2.51. The molecule has 1 atom stereocenters. The minimum Gasteiger partial charge on any atom is -0.336 e. The second kappa shape index (κ2) is 7.22. The zero-order valence-electron chi connectivity index (χ0n) is 13.0. The van der Waals surface area contributed by atoms with Crippen LogP contribution in [-0.2, 0) is 0 Å². The minimum absolute atomic E-state index is 0.00533. The third-order valence-corrected chi connectivity index (χ3v) is 4.15. The summed E-state index contributed by atoms with van der Waals surface area (Å²) in [7, 11) is 0. The highest BCUT2D eigenvalue weighted by Gasteiger charge is 2.23. The van der Waals surface area contributed by atoms with Gasteiger partial charge in [-0.15, -0.1) is 0 Å². The van der Waals surface area contributed by atoms with Crippen molar-refractivity contribution in [2.75, 3.05) is 25.0 Å². The highest BCUT2D eigenvalue weighted by Crippen LogP contribution is 2.24. The van der Waals surface area contributed by atoms with E-state index in [0.29, 0.717) is 23.8 Å². The molecule has 7 nitrogen and oxygen atoms in total. The average molecular weight is 306 g/mol. The highest BCUT2D eigenvalue weighted by atomic mass is 16.6. The average Bonchev–Trinajstić information content (AvgIpc) is 2.94. The first-order valence-corrected chi connectivity index (χ1v) is 7.55. The van der Waals surface area contributed by atoms with E-state index in [-0.39, 0.29) is 11.7 Å². The molecule has 2 amide bonds. The number of hydrogen-bond donors (Lipinski definition) is 2. The first-order chi connectivity index (χ1) is 10.5. The third-order valence-electron chi connectivity index (χ3n) is 4.15. The number of likely N-dealkylation sites (N-methyl/N-ethyl adjacent to an activating group) is 1. The summed E-state index contributed by atoms with van der Waals surface area (Å²) < 4.78 is 0. The van der Waals surface area contributed by atoms with Crippen LogP contribution < -0.4 is 10.6 Å². The van der Waals surface area contributed by atoms with E-state index in [9.17, 15) is 14.9 Å². The smallest absolute Gasteiger partial charge is 0.319 e. The Morgan fingerprint density at radius 2 is 2.27 bits per heavy atom. The number of anilines is 1. The van der Waals surface area contributed by atoms with Gasteiger partial charge in [-0.2, -0.15) is 0 Å². The predicted molar refractivity (Wildman–Crippen MR) is 85.1 cm³/mol. The molecule has 0 radical (unpaired) electrons. The van der Waals surface area contributed by atoms with Crippen LogP contribution in [-0.4, -0.2) is 41.5 Å². The number of urea groups is 1. The second-order valence-corrected chi connectivity index (χ2v) is 5.47. The monoisotopic (exact) mass is 306 g/mol. The molecule has 0 unspecified atom stereocenters. The van der Waals surface area contributed by atoms with Crippen molar-refractivity contribution in [3.8, 4) is 0 Å². The van der Waals surface area contributed by atoms with Gasteiger partial charge >= 0.3 is 6.03 Å². The fourth-order valence-corrected chi connectivity index (χ4v) is 2.88. The van der Waals surface area contributed by atoms with Crippen LogP contribution >= 0.6 is 0 Å². The Morgan fingerprint density at radius 3 is 2.95 bits per heavy atom. The number of carbonyl (C=O) groups is 1. The SMILES string of the molecule is CCN1CCC[C@@H]1CNC(=O)Nc1cccc([N+](=O)[O-])c1C. The summed E-state index contributed by atoms with van der Waals surface area (Å²) in [5.41, 5.74) is 0.926. The van der Waals surface area contributed by atoms with Gasteiger partial charge in [-0.3, -0.25) is 15.0 Å². The Hall–Kier alpha value is -2.15. The molecule has 1 aromatic carbocycles. The fraction of sp³-hybridized carbons (Fsp3) is 0.533. The number of nitrogens with zero attached hydrogens (tertiary/aromatic N) is 2. The molecule has 2 N–H and O–H groups in total. The number of hydrogen-bond acceptors (Lipinski definition) is 4. The van der Waals surface area contributed by atoms with Gasteiger partial charge in [-0.25, -0.2) is 4.79 Å². The van der Waals surface area contributed by atoms with Gasteiger partial charge in [-0.05, 0) is 38.9 Å². The normalized spacial score (nSPS) is 18.2. The van der Waals surface area contributed by atoms with Crippen LogP contribution in [0, 0.1) is 17.0 Å². The number of nitro benzene ring substituents is 1. The number of nitro groups is 1. The van der Waals surface area contributed by atoms with Crippen molar-refractivity contribution in [3.63, 3.8) is 0 Å². The molecule has 22 heavy (non-hydrogen) atoms. The van der Waals surface area contributed by atoms with Gasteiger partial charge < -0.3 is 10.6 Å². The first-order valence-electron chi connectivity index (χ1n) is 7.55. The van der Waals surface area contributed by atoms with E-state index in [0.717, 1.165) is 25.9 Å². The number of rotatable bonds is 5. The van der Waals surface area contributed by atoms with Crippen LogP contribution in [0.4, 0.5) is 16.2 Å². The number of benzene rings is 1. The molecule has 1 aromatic rings. The molecule has 2 rings (SSSR count). The Morgan fingerprint density at radius 1 is 1.50 bits per heavy atom. The maximum Gasteiger partial charge on any atom is 0.319 e. The second-order valence-electron chi connectivity index (χ2n) is 5.47. The number of carbonyl (C=O) groups excluding carboxylic acids is 1. The van der Waals surface area contributed by atoms with E-state index in [2.05, 4.69) is 22.5 Å². The van der Waals surface area contributed by atoms with E-state index in [1.165, 1.54) is 6.07 Å². The van der Waals surface area contributed by atoms with Gasteiger partial charge in [0.05, 0.1) is 16.2 Å². The van der Waals surface area contributed by atoms with Crippen molar-refractivity contribution in [1.29, 1.82) is 0 Å². The third kappa shape index (κ3) is 3.73. The molecule has 0 bridgehead atoms. The van der Waals surface area contributed by atoms with Crippen molar-refractivity contribution >= 4 is 17.4 Å². The number of likely N-dealkylation sites (tertiary alicyclic amines) is 1. The summed E-state index contributed by atoms with van der Waals surface area (Å²) in [6, 6.07) is 4.70. The summed E-state index contributed by atoms with van der Waals surface area (Å²) in [4.78, 5) is 24.8. The van der Waals surface area contributed by atoms with Crippen LogP contribution in [0.1, 0.15) is 25.3 Å². The van der Waals surface area contributed by atoms with Crippen LogP contribution in [0.5, 0.6) is 0 Å². The zero-order chi connectivity index (χ0) is 16.1. The molecule has 0 spiro atoms. The van der Waals surface area contributed by atoms with Gasteiger partial charge in [-0.1, -0.05) is 13.0 Å². The Balaban J connectivity index is 1.92. The Bertz CT molecular complexity index is 562. The van der Waals surface area contributed by atoms with Crippen LogP contribution in [0.15, 0.2) is 18.2 Å². The summed E-state index contributed by atoms with van der Waals surface area (Å²) in [6.45, 7) is 6.40. The fourth-order valence-electron chi connectivity index (χ4n) is 2.88. The quantitative estimate of drug-likeness (QED) is 0.646. The lowest BCUT2D eigenvalue weighted by Crippen LogP contribution is -2.41. The van der Waals surface area contributed by atoms with Crippen LogP contribution in [0.25, 0.3) is 0 Å². The molecule has 1 aliphatic rings. The molecule has 0 aromatic heterocycles. The standard InChI is InChI=1S/C15H22N4O3/c1-3-18-9-5-6-12(18)10-16-15(20)17-13-7-4-8-14(11(13)2)19(21)22/h4,7-8,12H,3,5-6,9-10H2,1-2H3,(H2,16,17,20)/t12-/m1/s1. The van der Waals surface area contributed by atoms with Gasteiger partial charge in [0, 0.05) is 18.7 Å². The van der Waals surface area contributed by atoms with Crippen molar-refractivity contribution in [2.45, 2.75) is 32.7 Å². The summed E-state index contributed by atoms with van der Waals surface area (Å²) in [5, 5.41) is 16.4. The van der Waals surface area contributed by atoms with E-state index in [4.69, 9.17) is 0 Å². The summed E-state index contributed by atoms with van der Waals surface area (Å²) in [5.74, 6) is 0. The number of nitrogens with one attached hydrogen (secondary N) is 2. The van der Waals surface area contributed by atoms with E-state index in [1.54, 1.807) is 19.1 Å². The first kappa shape index (κ1) is 16.2. The van der Waals surface area contributed by atoms with Crippen LogP contribution in [0.2, 0.25) is 0 Å². The molecule has 1 saturated heterocycles. The maximum atomic E-state index is 12.0. The van der Waals surface area contributed by atoms with Crippen LogP contribution in [0.3, 0.4) is 0 Å².